The van der Waals surface area contributed by atoms with Crippen molar-refractivity contribution in [2.45, 2.75) is 52.0 Å². The van der Waals surface area contributed by atoms with E-state index in [4.69, 9.17) is 4.74 Å². The maximum atomic E-state index is 11.5. The Bertz CT molecular complexity index is 257. The lowest BCUT2D eigenvalue weighted by molar-refractivity contribution is -0.134. The van der Waals surface area contributed by atoms with Gasteiger partial charge in [0.1, 0.15) is 0 Å². The van der Waals surface area contributed by atoms with Crippen molar-refractivity contribution in [1.29, 1.82) is 0 Å². The van der Waals surface area contributed by atoms with Crippen LogP contribution in [0.5, 0.6) is 0 Å². The third-order valence-corrected chi connectivity index (χ3v) is 3.24. The summed E-state index contributed by atoms with van der Waals surface area (Å²) < 4.78 is 4.93. The summed E-state index contributed by atoms with van der Waals surface area (Å²) in [5, 5.41) is 4.00. The van der Waals surface area contributed by atoms with Gasteiger partial charge in [0.2, 0.25) is 0 Å². The summed E-state index contributed by atoms with van der Waals surface area (Å²) in [6.45, 7) is 8.51. The molecule has 0 saturated carbocycles. The van der Waals surface area contributed by atoms with Crippen molar-refractivity contribution in [3.05, 3.63) is 0 Å². The van der Waals surface area contributed by atoms with Gasteiger partial charge in [0.25, 0.3) is 0 Å². The Morgan fingerprint density at radius 1 is 1.41 bits per heavy atom. The Morgan fingerprint density at radius 3 is 2.53 bits per heavy atom. The smallest absolute Gasteiger partial charge is 0.363 e. The molecule has 0 rings (SSSR count). The summed E-state index contributed by atoms with van der Waals surface area (Å²) >= 11 is 1.41. The van der Waals surface area contributed by atoms with Crippen LogP contribution in [0, 0.1) is 0 Å². The van der Waals surface area contributed by atoms with Crippen LogP contribution in [-0.4, -0.2) is 36.1 Å². The summed E-state index contributed by atoms with van der Waals surface area (Å²) in [6.07, 6.45) is 2.28. The van der Waals surface area contributed by atoms with Gasteiger partial charge in [-0.2, -0.15) is 0 Å². The second kappa shape index (κ2) is 9.48. The number of ether oxygens (including phenoxy) is 1. The SMILES string of the molecule is CCC[C@@H](C)NC(C)S/C(=N\C)C(=O)OCC. The molecule has 0 saturated heterocycles. The first-order valence-corrected chi connectivity index (χ1v) is 6.99. The molecule has 1 N–H and O–H groups in total. The van der Waals surface area contributed by atoms with Crippen LogP contribution < -0.4 is 5.32 Å². The van der Waals surface area contributed by atoms with Crippen LogP contribution in [0.25, 0.3) is 0 Å². The fraction of sp³-hybridized carbons (Fsp3) is 0.833. The van der Waals surface area contributed by atoms with Crippen molar-refractivity contribution in [3.63, 3.8) is 0 Å². The lowest BCUT2D eigenvalue weighted by atomic mass is 10.2. The number of rotatable bonds is 6. The molecule has 5 heteroatoms. The highest BCUT2D eigenvalue weighted by Gasteiger charge is 2.17. The van der Waals surface area contributed by atoms with Crippen molar-refractivity contribution in [2.75, 3.05) is 13.7 Å². The topological polar surface area (TPSA) is 50.7 Å². The summed E-state index contributed by atoms with van der Waals surface area (Å²) in [4.78, 5) is 15.5. The largest absolute Gasteiger partial charge is 0.461 e. The van der Waals surface area contributed by atoms with E-state index in [1.54, 1.807) is 14.0 Å². The minimum Gasteiger partial charge on any atom is -0.461 e. The van der Waals surface area contributed by atoms with Crippen LogP contribution in [0.2, 0.25) is 0 Å². The van der Waals surface area contributed by atoms with Gasteiger partial charge in [-0.25, -0.2) is 4.79 Å². The van der Waals surface area contributed by atoms with Gasteiger partial charge < -0.3 is 10.1 Å². The number of esters is 1. The molecule has 0 bridgehead atoms. The fourth-order valence-electron chi connectivity index (χ4n) is 1.50. The van der Waals surface area contributed by atoms with Crippen LogP contribution >= 0.6 is 11.8 Å². The van der Waals surface area contributed by atoms with Crippen LogP contribution in [-0.2, 0) is 9.53 Å². The van der Waals surface area contributed by atoms with Gasteiger partial charge in [-0.05, 0) is 27.2 Å². The van der Waals surface area contributed by atoms with E-state index in [1.807, 2.05) is 6.92 Å². The number of hydrogen-bond donors (Lipinski definition) is 1. The zero-order valence-electron chi connectivity index (χ0n) is 11.4. The van der Waals surface area contributed by atoms with Crippen molar-refractivity contribution < 1.29 is 9.53 Å². The van der Waals surface area contributed by atoms with E-state index in [2.05, 4.69) is 24.2 Å². The Hall–Kier alpha value is -0.550. The first-order chi connectivity index (χ1) is 8.04. The van der Waals surface area contributed by atoms with E-state index >= 15 is 0 Å². The van der Waals surface area contributed by atoms with Gasteiger partial charge in [-0.3, -0.25) is 4.99 Å². The molecule has 0 aromatic carbocycles. The van der Waals surface area contributed by atoms with E-state index in [-0.39, 0.29) is 11.3 Å². The number of hydrogen-bond acceptors (Lipinski definition) is 5. The maximum absolute atomic E-state index is 11.5. The van der Waals surface area contributed by atoms with Gasteiger partial charge in [0, 0.05) is 13.1 Å². The number of nitrogens with zero attached hydrogens (tertiary/aromatic N) is 1. The highest BCUT2D eigenvalue weighted by atomic mass is 32.2. The molecule has 0 heterocycles. The summed E-state index contributed by atoms with van der Waals surface area (Å²) in [7, 11) is 1.61. The third kappa shape index (κ3) is 7.39. The number of aliphatic imine (C=N–C) groups is 1. The van der Waals surface area contributed by atoms with Crippen molar-refractivity contribution >= 4 is 22.8 Å². The third-order valence-electron chi connectivity index (χ3n) is 2.18. The minimum atomic E-state index is -0.336. The van der Waals surface area contributed by atoms with E-state index < -0.39 is 0 Å². The van der Waals surface area contributed by atoms with Crippen LogP contribution in [0.1, 0.15) is 40.5 Å². The molecule has 0 spiro atoms. The number of nitrogens with one attached hydrogen (secondary N) is 1. The molecule has 0 aliphatic rings. The highest BCUT2D eigenvalue weighted by molar-refractivity contribution is 8.16. The molecule has 1 unspecified atom stereocenters. The summed E-state index contributed by atoms with van der Waals surface area (Å²) in [5.74, 6) is -0.336. The first-order valence-electron chi connectivity index (χ1n) is 6.11. The van der Waals surface area contributed by atoms with E-state index in [1.165, 1.54) is 11.8 Å². The Balaban J connectivity index is 4.15. The fourth-order valence-corrected chi connectivity index (χ4v) is 2.40. The van der Waals surface area contributed by atoms with Crippen LogP contribution in [0.15, 0.2) is 4.99 Å². The summed E-state index contributed by atoms with van der Waals surface area (Å²) in [5.41, 5.74) is 0. The molecule has 0 aromatic rings. The zero-order chi connectivity index (χ0) is 13.3. The van der Waals surface area contributed by atoms with Gasteiger partial charge in [-0.15, -0.1) is 0 Å². The normalized spacial score (nSPS) is 15.5. The Kier molecular flexibility index (Phi) is 9.17. The minimum absolute atomic E-state index is 0.152. The molecule has 0 aromatic heterocycles. The average molecular weight is 260 g/mol. The zero-order valence-corrected chi connectivity index (χ0v) is 12.3. The predicted molar refractivity (Wildman–Crippen MR) is 74.6 cm³/mol. The Morgan fingerprint density at radius 2 is 2.06 bits per heavy atom. The standard InChI is InChI=1S/C12H24N2O2S/c1-6-8-9(3)14-10(4)17-11(13-5)12(15)16-7-2/h9-10,14H,6-8H2,1-5H3/b13-11-/t9-,10?/m1/s1. The monoisotopic (exact) mass is 260 g/mol. The molecule has 0 aliphatic carbocycles. The molecular formula is C12H24N2O2S. The molecule has 2 atom stereocenters. The molecule has 17 heavy (non-hydrogen) atoms. The maximum Gasteiger partial charge on any atom is 0.363 e. The highest BCUT2D eigenvalue weighted by Crippen LogP contribution is 2.13. The molecule has 0 fully saturated rings. The average Bonchev–Trinajstić information content (AvgIpc) is 2.26. The predicted octanol–water partition coefficient (Wildman–Crippen LogP) is 2.44. The lowest BCUT2D eigenvalue weighted by Gasteiger charge is -2.19. The van der Waals surface area contributed by atoms with E-state index in [0.29, 0.717) is 17.7 Å². The lowest BCUT2D eigenvalue weighted by Crippen LogP contribution is -2.34. The van der Waals surface area contributed by atoms with Crippen molar-refractivity contribution in [2.24, 2.45) is 4.99 Å². The summed E-state index contributed by atoms with van der Waals surface area (Å²) in [6, 6.07) is 0.447. The second-order valence-electron chi connectivity index (χ2n) is 3.87. The van der Waals surface area contributed by atoms with E-state index in [0.717, 1.165) is 12.8 Å². The first kappa shape index (κ1) is 16.4. The molecule has 100 valence electrons. The number of carbonyl (C=O) groups excluding carboxylic acids is 1. The number of thioether (sulfide) groups is 1. The Labute approximate surface area is 109 Å². The molecule has 4 nitrogen and oxygen atoms in total. The second-order valence-corrected chi connectivity index (χ2v) is 5.20. The molecule has 0 radical (unpaired) electrons. The van der Waals surface area contributed by atoms with Crippen LogP contribution in [0.3, 0.4) is 0 Å². The van der Waals surface area contributed by atoms with Gasteiger partial charge in [0.15, 0.2) is 5.04 Å². The van der Waals surface area contributed by atoms with Gasteiger partial charge >= 0.3 is 5.97 Å². The number of carbonyl (C=O) groups is 1. The van der Waals surface area contributed by atoms with Crippen molar-refractivity contribution in [3.8, 4) is 0 Å². The molecular weight excluding hydrogens is 236 g/mol. The molecule has 0 amide bonds. The van der Waals surface area contributed by atoms with Gasteiger partial charge in [0.05, 0.1) is 12.0 Å². The molecule has 0 aliphatic heterocycles. The van der Waals surface area contributed by atoms with Crippen LogP contribution in [0.4, 0.5) is 0 Å². The quantitative estimate of drug-likeness (QED) is 0.345. The van der Waals surface area contributed by atoms with E-state index in [9.17, 15) is 4.79 Å². The van der Waals surface area contributed by atoms with Crippen molar-refractivity contribution in [1.82, 2.24) is 5.32 Å². The van der Waals surface area contributed by atoms with Gasteiger partial charge in [-0.1, -0.05) is 25.1 Å².